The highest BCUT2D eigenvalue weighted by molar-refractivity contribution is 7.89. The van der Waals surface area contributed by atoms with Gasteiger partial charge in [0.2, 0.25) is 10.0 Å². The summed E-state index contributed by atoms with van der Waals surface area (Å²) in [4.78, 5) is 11.6. The van der Waals surface area contributed by atoms with Crippen LogP contribution in [0.5, 0.6) is 0 Å². The molecular weight excluding hydrogens is 364 g/mol. The first-order valence-electron chi connectivity index (χ1n) is 9.01. The van der Waals surface area contributed by atoms with Gasteiger partial charge in [-0.05, 0) is 43.5 Å². The zero-order chi connectivity index (χ0) is 19.9. The van der Waals surface area contributed by atoms with E-state index in [1.807, 2.05) is 37.3 Å². The SMILES string of the molecule is CCCC(C)NS(=O)(=O)c1ccc(NCCc2ccccc2)c(C(=O)O)c1. The third kappa shape index (κ3) is 6.08. The molecule has 27 heavy (non-hydrogen) atoms. The first-order chi connectivity index (χ1) is 12.8. The third-order valence-corrected chi connectivity index (χ3v) is 5.77. The van der Waals surface area contributed by atoms with E-state index in [0.29, 0.717) is 18.7 Å². The van der Waals surface area contributed by atoms with Crippen LogP contribution < -0.4 is 10.0 Å². The van der Waals surface area contributed by atoms with Crippen molar-refractivity contribution >= 4 is 21.7 Å². The third-order valence-electron chi connectivity index (χ3n) is 4.18. The van der Waals surface area contributed by atoms with Crippen molar-refractivity contribution in [3.63, 3.8) is 0 Å². The van der Waals surface area contributed by atoms with Crippen molar-refractivity contribution in [1.82, 2.24) is 4.72 Å². The summed E-state index contributed by atoms with van der Waals surface area (Å²) in [5.41, 5.74) is 1.48. The summed E-state index contributed by atoms with van der Waals surface area (Å²) < 4.78 is 27.5. The zero-order valence-corrected chi connectivity index (χ0v) is 16.4. The first-order valence-corrected chi connectivity index (χ1v) is 10.5. The Kier molecular flexibility index (Phi) is 7.38. The highest BCUT2D eigenvalue weighted by Crippen LogP contribution is 2.21. The Morgan fingerprint density at radius 3 is 2.48 bits per heavy atom. The zero-order valence-electron chi connectivity index (χ0n) is 15.6. The molecule has 0 amide bonds. The van der Waals surface area contributed by atoms with Crippen LogP contribution in [0, 0.1) is 0 Å². The number of carbonyl (C=O) groups is 1. The van der Waals surface area contributed by atoms with E-state index in [1.54, 1.807) is 6.92 Å². The van der Waals surface area contributed by atoms with E-state index in [0.717, 1.165) is 18.4 Å². The molecule has 0 fully saturated rings. The maximum Gasteiger partial charge on any atom is 0.337 e. The molecule has 0 saturated carbocycles. The summed E-state index contributed by atoms with van der Waals surface area (Å²) in [6, 6.07) is 13.8. The standard InChI is InChI=1S/C20H26N2O4S/c1-3-7-15(2)22-27(25,26)17-10-11-19(18(14-17)20(23)24)21-13-12-16-8-5-4-6-9-16/h4-6,8-11,14-15,21-22H,3,7,12-13H2,1-2H3,(H,23,24). The number of rotatable bonds is 10. The molecule has 0 radical (unpaired) electrons. The van der Waals surface area contributed by atoms with E-state index in [-0.39, 0.29) is 16.5 Å². The monoisotopic (exact) mass is 390 g/mol. The minimum absolute atomic E-state index is 0.0449. The molecule has 0 aliphatic heterocycles. The van der Waals surface area contributed by atoms with E-state index in [2.05, 4.69) is 10.0 Å². The fourth-order valence-electron chi connectivity index (χ4n) is 2.83. The molecular formula is C20H26N2O4S. The Balaban J connectivity index is 2.15. The number of hydrogen-bond donors (Lipinski definition) is 3. The van der Waals surface area contributed by atoms with Gasteiger partial charge in [0.15, 0.2) is 0 Å². The Hall–Kier alpha value is -2.38. The Bertz CT molecular complexity index is 867. The molecule has 7 heteroatoms. The van der Waals surface area contributed by atoms with Gasteiger partial charge in [0, 0.05) is 18.3 Å². The fourth-order valence-corrected chi connectivity index (χ4v) is 4.14. The molecule has 2 aromatic rings. The number of carboxylic acids is 1. The van der Waals surface area contributed by atoms with Crippen LogP contribution in [0.1, 0.15) is 42.6 Å². The van der Waals surface area contributed by atoms with E-state index >= 15 is 0 Å². The van der Waals surface area contributed by atoms with Gasteiger partial charge in [0.25, 0.3) is 0 Å². The lowest BCUT2D eigenvalue weighted by Crippen LogP contribution is -2.32. The summed E-state index contributed by atoms with van der Waals surface area (Å²) >= 11 is 0. The van der Waals surface area contributed by atoms with Crippen LogP contribution >= 0.6 is 0 Å². The quantitative estimate of drug-likeness (QED) is 0.577. The van der Waals surface area contributed by atoms with Gasteiger partial charge in [-0.15, -0.1) is 0 Å². The van der Waals surface area contributed by atoms with Crippen LogP contribution in [0.2, 0.25) is 0 Å². The van der Waals surface area contributed by atoms with E-state index in [1.165, 1.54) is 18.2 Å². The van der Waals surface area contributed by atoms with Gasteiger partial charge in [-0.3, -0.25) is 0 Å². The molecule has 0 heterocycles. The molecule has 2 rings (SSSR count). The fraction of sp³-hybridized carbons (Fsp3) is 0.350. The van der Waals surface area contributed by atoms with Crippen molar-refractivity contribution < 1.29 is 18.3 Å². The van der Waals surface area contributed by atoms with Gasteiger partial charge in [0.05, 0.1) is 10.5 Å². The molecule has 1 unspecified atom stereocenters. The molecule has 0 spiro atoms. The van der Waals surface area contributed by atoms with Gasteiger partial charge >= 0.3 is 5.97 Å². The molecule has 3 N–H and O–H groups in total. The summed E-state index contributed by atoms with van der Waals surface area (Å²) in [6.07, 6.45) is 2.30. The molecule has 0 saturated heterocycles. The lowest BCUT2D eigenvalue weighted by Gasteiger charge is -2.15. The molecule has 146 valence electrons. The number of anilines is 1. The first kappa shape index (κ1) is 20.9. The number of sulfonamides is 1. The summed E-state index contributed by atoms with van der Waals surface area (Å²) in [6.45, 7) is 4.31. The van der Waals surface area contributed by atoms with Gasteiger partial charge in [0.1, 0.15) is 0 Å². The van der Waals surface area contributed by atoms with E-state index < -0.39 is 16.0 Å². The second-order valence-electron chi connectivity index (χ2n) is 6.49. The van der Waals surface area contributed by atoms with Gasteiger partial charge < -0.3 is 10.4 Å². The highest BCUT2D eigenvalue weighted by atomic mass is 32.2. The summed E-state index contributed by atoms with van der Waals surface area (Å²) in [5, 5.41) is 12.6. The van der Waals surface area contributed by atoms with Crippen molar-refractivity contribution in [2.75, 3.05) is 11.9 Å². The highest BCUT2D eigenvalue weighted by Gasteiger charge is 2.20. The second kappa shape index (κ2) is 9.53. The smallest absolute Gasteiger partial charge is 0.337 e. The lowest BCUT2D eigenvalue weighted by molar-refractivity contribution is 0.0697. The van der Waals surface area contributed by atoms with Crippen LogP contribution in [-0.4, -0.2) is 32.1 Å². The topological polar surface area (TPSA) is 95.5 Å². The lowest BCUT2D eigenvalue weighted by atomic mass is 10.1. The van der Waals surface area contributed by atoms with Crippen molar-refractivity contribution in [3.05, 3.63) is 59.7 Å². The molecule has 0 aliphatic rings. The average Bonchev–Trinajstić information content (AvgIpc) is 2.62. The number of nitrogens with one attached hydrogen (secondary N) is 2. The largest absolute Gasteiger partial charge is 0.478 e. The molecule has 0 aliphatic carbocycles. The van der Waals surface area contributed by atoms with Crippen LogP contribution in [0.4, 0.5) is 5.69 Å². The maximum atomic E-state index is 12.5. The number of aromatic carboxylic acids is 1. The number of hydrogen-bond acceptors (Lipinski definition) is 4. The van der Waals surface area contributed by atoms with E-state index in [4.69, 9.17) is 0 Å². The van der Waals surface area contributed by atoms with Crippen LogP contribution in [0.3, 0.4) is 0 Å². The normalized spacial score (nSPS) is 12.5. The van der Waals surface area contributed by atoms with Crippen molar-refractivity contribution in [1.29, 1.82) is 0 Å². The molecule has 0 bridgehead atoms. The van der Waals surface area contributed by atoms with Crippen molar-refractivity contribution in [3.8, 4) is 0 Å². The van der Waals surface area contributed by atoms with Crippen molar-refractivity contribution in [2.45, 2.75) is 44.0 Å². The number of benzene rings is 2. The van der Waals surface area contributed by atoms with Gasteiger partial charge in [-0.2, -0.15) is 0 Å². The minimum atomic E-state index is -3.76. The molecule has 0 aromatic heterocycles. The Morgan fingerprint density at radius 2 is 1.85 bits per heavy atom. The molecule has 1 atom stereocenters. The number of carboxylic acid groups (broad SMARTS) is 1. The van der Waals surface area contributed by atoms with Crippen LogP contribution in [0.15, 0.2) is 53.4 Å². The molecule has 2 aromatic carbocycles. The second-order valence-corrected chi connectivity index (χ2v) is 8.20. The van der Waals surface area contributed by atoms with Crippen molar-refractivity contribution in [2.24, 2.45) is 0 Å². The van der Waals surface area contributed by atoms with Crippen LogP contribution in [0.25, 0.3) is 0 Å². The maximum absolute atomic E-state index is 12.5. The van der Waals surface area contributed by atoms with Gasteiger partial charge in [-0.1, -0.05) is 43.7 Å². The molecule has 6 nitrogen and oxygen atoms in total. The van der Waals surface area contributed by atoms with Gasteiger partial charge in [-0.25, -0.2) is 17.9 Å². The minimum Gasteiger partial charge on any atom is -0.478 e. The average molecular weight is 391 g/mol. The Morgan fingerprint density at radius 1 is 1.15 bits per heavy atom. The van der Waals surface area contributed by atoms with Crippen LogP contribution in [-0.2, 0) is 16.4 Å². The predicted octanol–water partition coefficient (Wildman–Crippen LogP) is 3.51. The summed E-state index contributed by atoms with van der Waals surface area (Å²) in [5.74, 6) is -1.17. The predicted molar refractivity (Wildman–Crippen MR) is 107 cm³/mol. The Labute approximate surface area is 160 Å². The van der Waals surface area contributed by atoms with E-state index in [9.17, 15) is 18.3 Å². The summed E-state index contributed by atoms with van der Waals surface area (Å²) in [7, 11) is -3.76.